The number of morpholine rings is 1. The van der Waals surface area contributed by atoms with Gasteiger partial charge in [-0.05, 0) is 66.3 Å². The molecule has 222 valence electrons. The quantitative estimate of drug-likeness (QED) is 0.344. The summed E-state index contributed by atoms with van der Waals surface area (Å²) in [5.41, 5.74) is 4.49. The third kappa shape index (κ3) is 4.93. The smallest absolute Gasteiger partial charge is 0.297 e. The molecule has 4 aromatic rings. The number of aliphatic hydroxyl groups excluding tert-OH is 1. The van der Waals surface area contributed by atoms with Crippen molar-refractivity contribution < 1.29 is 27.0 Å². The van der Waals surface area contributed by atoms with Crippen LogP contribution in [0.15, 0.2) is 53.7 Å². The van der Waals surface area contributed by atoms with E-state index in [1.165, 1.54) is 14.9 Å². The molecule has 2 atom stereocenters. The number of alkyl halides is 2. The molecule has 0 unspecified atom stereocenters. The predicted octanol–water partition coefficient (Wildman–Crippen LogP) is 3.60. The maximum Gasteiger partial charge on any atom is 0.297 e. The van der Waals surface area contributed by atoms with Crippen molar-refractivity contribution in [1.29, 1.82) is 0 Å². The molecule has 13 heteroatoms. The van der Waals surface area contributed by atoms with Gasteiger partial charge in [0.25, 0.3) is 6.43 Å². The van der Waals surface area contributed by atoms with Crippen molar-refractivity contribution in [2.45, 2.75) is 50.1 Å². The van der Waals surface area contributed by atoms with Gasteiger partial charge in [-0.15, -0.1) is 10.2 Å². The van der Waals surface area contributed by atoms with Crippen molar-refractivity contribution in [3.05, 3.63) is 82.4 Å². The molecular weight excluding hydrogens is 566 g/mol. The van der Waals surface area contributed by atoms with Gasteiger partial charge in [0.2, 0.25) is 15.8 Å². The number of benzene rings is 1. The molecule has 0 aliphatic carbocycles. The van der Waals surface area contributed by atoms with E-state index in [9.17, 15) is 22.3 Å². The fraction of sp³-hybridized carbons (Fsp3) is 0.414. The highest BCUT2D eigenvalue weighted by atomic mass is 32.2. The van der Waals surface area contributed by atoms with Crippen LogP contribution in [0.4, 0.5) is 14.6 Å². The van der Waals surface area contributed by atoms with Crippen LogP contribution in [0.3, 0.4) is 0 Å². The Labute approximate surface area is 242 Å². The number of hydrogen-bond acceptors (Lipinski definition) is 8. The summed E-state index contributed by atoms with van der Waals surface area (Å²) in [6, 6.07) is 10.7. The lowest BCUT2D eigenvalue weighted by Crippen LogP contribution is -2.50. The minimum Gasteiger partial charge on any atom is -0.396 e. The standard InChI is InChI=1S/C29H32F2N6O4S/c1-18-5-6-20(24(8-12-38)23-7-10-37-27(19(23)2)33-34-29(37)26(30)31)14-21(18)15-35-16-22-17-41-13-11-36(22)28-25(42(35,39)40)4-3-9-32-28/h3-7,9-10,14,22,24,26,38H,8,11-13,15-17H2,1-2H3/t22-,24-/m0/s1. The fourth-order valence-electron chi connectivity index (χ4n) is 6.05. The predicted molar refractivity (Wildman–Crippen MR) is 151 cm³/mol. The number of ether oxygens (including phenoxy) is 1. The number of aliphatic hydroxyl groups is 1. The van der Waals surface area contributed by atoms with Gasteiger partial charge >= 0.3 is 0 Å². The van der Waals surface area contributed by atoms with Gasteiger partial charge in [-0.3, -0.25) is 4.40 Å². The molecule has 0 bridgehead atoms. The summed E-state index contributed by atoms with van der Waals surface area (Å²) in [6.45, 7) is 5.50. The third-order valence-electron chi connectivity index (χ3n) is 8.29. The van der Waals surface area contributed by atoms with Crippen molar-refractivity contribution in [1.82, 2.24) is 23.9 Å². The van der Waals surface area contributed by atoms with Crippen molar-refractivity contribution >= 4 is 21.5 Å². The summed E-state index contributed by atoms with van der Waals surface area (Å²) in [7, 11) is -3.87. The summed E-state index contributed by atoms with van der Waals surface area (Å²) in [6.07, 6.45) is 0.762. The molecule has 2 aliphatic heterocycles. The number of nitrogens with zero attached hydrogens (tertiary/aromatic N) is 6. The minimum absolute atomic E-state index is 0.102. The second-order valence-corrected chi connectivity index (χ2v) is 12.7. The first-order valence-electron chi connectivity index (χ1n) is 13.8. The number of aromatic nitrogens is 4. The Kier molecular flexibility index (Phi) is 7.68. The largest absolute Gasteiger partial charge is 0.396 e. The van der Waals surface area contributed by atoms with Gasteiger partial charge in [0.05, 0.1) is 19.3 Å². The van der Waals surface area contributed by atoms with Crippen LogP contribution in [0, 0.1) is 13.8 Å². The van der Waals surface area contributed by atoms with Crippen LogP contribution in [-0.2, 0) is 21.3 Å². The average Bonchev–Trinajstić information content (AvgIpc) is 3.40. The number of pyridine rings is 2. The van der Waals surface area contributed by atoms with E-state index < -0.39 is 22.3 Å². The van der Waals surface area contributed by atoms with Crippen molar-refractivity contribution in [3.63, 3.8) is 0 Å². The van der Waals surface area contributed by atoms with E-state index in [2.05, 4.69) is 15.2 Å². The Morgan fingerprint density at radius 3 is 2.79 bits per heavy atom. The van der Waals surface area contributed by atoms with E-state index in [0.29, 0.717) is 43.2 Å². The second-order valence-electron chi connectivity index (χ2n) is 10.7. The summed E-state index contributed by atoms with van der Waals surface area (Å²) in [5, 5.41) is 17.7. The molecule has 0 spiro atoms. The van der Waals surface area contributed by atoms with Crippen LogP contribution < -0.4 is 4.90 Å². The van der Waals surface area contributed by atoms with E-state index >= 15 is 0 Å². The van der Waals surface area contributed by atoms with Crippen LogP contribution in [0.2, 0.25) is 0 Å². The number of aryl methyl sites for hydroxylation is 2. The van der Waals surface area contributed by atoms with Gasteiger partial charge in [-0.1, -0.05) is 18.2 Å². The van der Waals surface area contributed by atoms with E-state index in [1.807, 2.05) is 30.0 Å². The Balaban J connectivity index is 1.38. The fourth-order valence-corrected chi connectivity index (χ4v) is 7.65. The number of rotatable bonds is 7. The Hall–Kier alpha value is -3.52. The highest BCUT2D eigenvalue weighted by Crippen LogP contribution is 2.36. The molecule has 1 aromatic carbocycles. The van der Waals surface area contributed by atoms with Gasteiger partial charge in [-0.2, -0.15) is 4.31 Å². The molecule has 0 amide bonds. The summed E-state index contributed by atoms with van der Waals surface area (Å²) in [4.78, 5) is 6.65. The average molecular weight is 599 g/mol. The molecule has 10 nitrogen and oxygen atoms in total. The normalized spacial score (nSPS) is 19.5. The lowest BCUT2D eigenvalue weighted by atomic mass is 9.85. The first kappa shape index (κ1) is 28.6. The summed E-state index contributed by atoms with van der Waals surface area (Å²) >= 11 is 0. The van der Waals surface area contributed by atoms with Crippen molar-refractivity contribution in [2.75, 3.05) is 37.8 Å². The molecule has 5 heterocycles. The number of hydrogen-bond donors (Lipinski definition) is 1. The van der Waals surface area contributed by atoms with E-state index in [-0.39, 0.29) is 36.6 Å². The zero-order chi connectivity index (χ0) is 29.6. The zero-order valence-electron chi connectivity index (χ0n) is 23.3. The topological polar surface area (TPSA) is 113 Å². The third-order valence-corrected chi connectivity index (χ3v) is 10.1. The van der Waals surface area contributed by atoms with Crippen LogP contribution in [0.5, 0.6) is 0 Å². The number of fused-ring (bicyclic) bond motifs is 4. The van der Waals surface area contributed by atoms with Crippen molar-refractivity contribution in [3.8, 4) is 0 Å². The van der Waals surface area contributed by atoms with Gasteiger partial charge in [-0.25, -0.2) is 22.2 Å². The first-order chi connectivity index (χ1) is 20.2. The molecule has 1 saturated heterocycles. The molecule has 3 aromatic heterocycles. The van der Waals surface area contributed by atoms with Crippen LogP contribution in [-0.4, -0.2) is 76.4 Å². The van der Waals surface area contributed by atoms with Crippen molar-refractivity contribution in [2.24, 2.45) is 0 Å². The van der Waals surface area contributed by atoms with E-state index in [4.69, 9.17) is 4.74 Å². The molecule has 0 radical (unpaired) electrons. The van der Waals surface area contributed by atoms with Gasteiger partial charge in [0, 0.05) is 44.6 Å². The highest BCUT2D eigenvalue weighted by Gasteiger charge is 2.39. The minimum atomic E-state index is -3.87. The van der Waals surface area contributed by atoms with E-state index in [0.717, 1.165) is 22.3 Å². The van der Waals surface area contributed by atoms with E-state index in [1.54, 1.807) is 31.3 Å². The summed E-state index contributed by atoms with van der Waals surface area (Å²) in [5.74, 6) is -0.247. The molecule has 1 N–H and O–H groups in total. The monoisotopic (exact) mass is 598 g/mol. The Morgan fingerprint density at radius 1 is 1.17 bits per heavy atom. The molecule has 2 aliphatic rings. The lowest BCUT2D eigenvalue weighted by molar-refractivity contribution is 0.0878. The van der Waals surface area contributed by atoms with Gasteiger partial charge < -0.3 is 14.7 Å². The number of halogens is 2. The summed E-state index contributed by atoms with van der Waals surface area (Å²) < 4.78 is 63.3. The zero-order valence-corrected chi connectivity index (χ0v) is 24.1. The van der Waals surface area contributed by atoms with Crippen LogP contribution in [0.1, 0.15) is 52.4 Å². The second kappa shape index (κ2) is 11.3. The molecule has 0 saturated carbocycles. The van der Waals surface area contributed by atoms with Gasteiger partial charge in [0.1, 0.15) is 10.7 Å². The van der Waals surface area contributed by atoms with Crippen LogP contribution in [0.25, 0.3) is 5.65 Å². The highest BCUT2D eigenvalue weighted by molar-refractivity contribution is 7.89. The number of sulfonamides is 1. The molecular formula is C29H32F2N6O4S. The first-order valence-corrected chi connectivity index (χ1v) is 15.3. The maximum absolute atomic E-state index is 14.0. The van der Waals surface area contributed by atoms with Gasteiger partial charge in [0.15, 0.2) is 5.65 Å². The molecule has 6 rings (SSSR count). The molecule has 1 fully saturated rings. The molecule has 42 heavy (non-hydrogen) atoms. The Bertz CT molecular complexity index is 1730. The maximum atomic E-state index is 14.0. The lowest BCUT2D eigenvalue weighted by Gasteiger charge is -2.36. The SMILES string of the molecule is Cc1ccc([C@H](CCO)c2ccn3c(C(F)F)nnc3c2C)cc1CN1C[C@H]2COCCN2c2ncccc2S1(=O)=O. The van der Waals surface area contributed by atoms with Crippen LogP contribution >= 0.6 is 0 Å². The number of anilines is 1. The Morgan fingerprint density at radius 2 is 2.00 bits per heavy atom.